The van der Waals surface area contributed by atoms with E-state index in [0.29, 0.717) is 28.7 Å². The lowest BCUT2D eigenvalue weighted by atomic mass is 10.0. The van der Waals surface area contributed by atoms with Crippen molar-refractivity contribution in [2.75, 3.05) is 0 Å². The number of ether oxygens (including phenoxy) is 1. The number of nitrogens with zero attached hydrogens (tertiary/aromatic N) is 1. The van der Waals surface area contributed by atoms with Crippen molar-refractivity contribution < 1.29 is 9.15 Å². The number of pyridine rings is 1. The number of fused-ring (bicyclic) bond motifs is 5. The van der Waals surface area contributed by atoms with Gasteiger partial charge in [-0.2, -0.15) is 0 Å². The Kier molecular flexibility index (Phi) is 2.39. The Morgan fingerprint density at radius 2 is 1.78 bits per heavy atom. The van der Waals surface area contributed by atoms with Gasteiger partial charge in [-0.25, -0.2) is 4.98 Å². The molecule has 0 atom stereocenters. The van der Waals surface area contributed by atoms with Gasteiger partial charge in [0.15, 0.2) is 0 Å². The molecule has 3 heterocycles. The van der Waals surface area contributed by atoms with Crippen molar-refractivity contribution >= 4 is 22.1 Å². The average Bonchev–Trinajstić information content (AvgIpc) is 2.61. The lowest BCUT2D eigenvalue weighted by molar-refractivity contribution is 0.301. The van der Waals surface area contributed by atoms with Gasteiger partial charge in [-0.3, -0.25) is 4.79 Å². The molecule has 4 aromatic rings. The Bertz CT molecular complexity index is 1140. The number of para-hydroxylation sites is 2. The predicted octanol–water partition coefficient (Wildman–Crippen LogP) is 3.90. The summed E-state index contributed by atoms with van der Waals surface area (Å²) in [4.78, 5) is 17.3. The van der Waals surface area contributed by atoms with Gasteiger partial charge in [0.25, 0.3) is 0 Å². The van der Waals surface area contributed by atoms with Crippen LogP contribution in [0.3, 0.4) is 0 Å². The van der Waals surface area contributed by atoms with E-state index in [1.54, 1.807) is 12.1 Å². The van der Waals surface area contributed by atoms with Gasteiger partial charge < -0.3 is 9.15 Å². The highest BCUT2D eigenvalue weighted by Gasteiger charge is 2.21. The van der Waals surface area contributed by atoms with Crippen LogP contribution in [0.5, 0.6) is 5.75 Å². The SMILES string of the molecule is O=c1c2ccccc2oc2nc3c(cc12)COc1ccccc1-3. The van der Waals surface area contributed by atoms with Crippen LogP contribution in [0.25, 0.3) is 33.3 Å². The van der Waals surface area contributed by atoms with E-state index in [2.05, 4.69) is 4.98 Å². The summed E-state index contributed by atoms with van der Waals surface area (Å²) < 4.78 is 11.6. The van der Waals surface area contributed by atoms with Crippen LogP contribution in [-0.4, -0.2) is 4.98 Å². The molecule has 0 radical (unpaired) electrons. The van der Waals surface area contributed by atoms with Crippen LogP contribution in [0.2, 0.25) is 0 Å². The molecule has 23 heavy (non-hydrogen) atoms. The Balaban J connectivity index is 1.91. The minimum atomic E-state index is -0.0593. The van der Waals surface area contributed by atoms with Gasteiger partial charge in [0, 0.05) is 11.1 Å². The highest BCUT2D eigenvalue weighted by molar-refractivity contribution is 5.90. The topological polar surface area (TPSA) is 52.3 Å². The lowest BCUT2D eigenvalue weighted by Gasteiger charge is -2.19. The molecular formula is C19H11NO3. The summed E-state index contributed by atoms with van der Waals surface area (Å²) >= 11 is 0. The van der Waals surface area contributed by atoms with E-state index in [1.165, 1.54) is 0 Å². The Morgan fingerprint density at radius 1 is 0.957 bits per heavy atom. The van der Waals surface area contributed by atoms with Gasteiger partial charge >= 0.3 is 0 Å². The molecule has 0 unspecified atom stereocenters. The minimum absolute atomic E-state index is 0.0593. The molecule has 0 aliphatic carbocycles. The number of hydrogen-bond acceptors (Lipinski definition) is 4. The number of aromatic nitrogens is 1. The number of benzene rings is 2. The molecule has 1 aliphatic rings. The second-order valence-corrected chi connectivity index (χ2v) is 5.56. The molecule has 0 saturated heterocycles. The minimum Gasteiger partial charge on any atom is -0.488 e. The third-order valence-corrected chi connectivity index (χ3v) is 4.17. The summed E-state index contributed by atoms with van der Waals surface area (Å²) in [6.45, 7) is 0.404. The summed E-state index contributed by atoms with van der Waals surface area (Å²) in [6.07, 6.45) is 0. The van der Waals surface area contributed by atoms with Gasteiger partial charge in [-0.15, -0.1) is 0 Å². The van der Waals surface area contributed by atoms with Gasteiger partial charge in [0.2, 0.25) is 11.1 Å². The first kappa shape index (κ1) is 12.4. The Morgan fingerprint density at radius 3 is 2.74 bits per heavy atom. The van der Waals surface area contributed by atoms with Crippen molar-refractivity contribution in [3.63, 3.8) is 0 Å². The molecule has 0 amide bonds. The van der Waals surface area contributed by atoms with Gasteiger partial charge in [0.1, 0.15) is 17.9 Å². The van der Waals surface area contributed by atoms with Crippen LogP contribution >= 0.6 is 0 Å². The molecule has 0 N–H and O–H groups in total. The van der Waals surface area contributed by atoms with Crippen molar-refractivity contribution in [3.05, 3.63) is 70.4 Å². The highest BCUT2D eigenvalue weighted by atomic mass is 16.5. The fraction of sp³-hybridized carbons (Fsp3) is 0.0526. The van der Waals surface area contributed by atoms with Crippen LogP contribution < -0.4 is 10.2 Å². The second-order valence-electron chi connectivity index (χ2n) is 5.56. The van der Waals surface area contributed by atoms with Crippen molar-refractivity contribution in [3.8, 4) is 17.0 Å². The van der Waals surface area contributed by atoms with Crippen LogP contribution in [-0.2, 0) is 6.61 Å². The molecule has 110 valence electrons. The summed E-state index contributed by atoms with van der Waals surface area (Å²) in [6, 6.07) is 16.8. The zero-order valence-electron chi connectivity index (χ0n) is 12.1. The molecule has 5 rings (SSSR count). The molecular weight excluding hydrogens is 290 g/mol. The first-order valence-corrected chi connectivity index (χ1v) is 7.39. The molecule has 4 heteroatoms. The average molecular weight is 301 g/mol. The van der Waals surface area contributed by atoms with Crippen molar-refractivity contribution in [1.29, 1.82) is 0 Å². The number of hydrogen-bond donors (Lipinski definition) is 0. The summed E-state index contributed by atoms with van der Waals surface area (Å²) in [7, 11) is 0. The predicted molar refractivity (Wildman–Crippen MR) is 87.6 cm³/mol. The smallest absolute Gasteiger partial charge is 0.231 e. The first-order valence-electron chi connectivity index (χ1n) is 7.39. The van der Waals surface area contributed by atoms with Crippen LogP contribution in [0.15, 0.2) is 63.8 Å². The Labute approximate surface area is 131 Å². The van der Waals surface area contributed by atoms with Crippen LogP contribution in [0, 0.1) is 0 Å². The fourth-order valence-corrected chi connectivity index (χ4v) is 3.06. The standard InChI is InChI=1S/C19H11NO3/c21-18-13-6-2-4-8-16(13)23-19-14(18)9-11-10-22-15-7-3-1-5-12(15)17(11)20-19/h1-9H,10H2. The maximum Gasteiger partial charge on any atom is 0.231 e. The normalized spacial score (nSPS) is 12.7. The molecule has 4 nitrogen and oxygen atoms in total. The molecule has 0 saturated carbocycles. The summed E-state index contributed by atoms with van der Waals surface area (Å²) in [5.74, 6) is 0.801. The van der Waals surface area contributed by atoms with Gasteiger partial charge in [0.05, 0.1) is 16.5 Å². The van der Waals surface area contributed by atoms with E-state index >= 15 is 0 Å². The highest BCUT2D eigenvalue weighted by Crippen LogP contribution is 2.37. The molecule has 0 spiro atoms. The summed E-state index contributed by atoms with van der Waals surface area (Å²) in [5, 5.41) is 1.06. The third kappa shape index (κ3) is 1.72. The van der Waals surface area contributed by atoms with Gasteiger partial charge in [-0.05, 0) is 30.3 Å². The van der Waals surface area contributed by atoms with E-state index in [4.69, 9.17) is 9.15 Å². The van der Waals surface area contributed by atoms with E-state index in [-0.39, 0.29) is 5.43 Å². The quantitative estimate of drug-likeness (QED) is 0.462. The maximum atomic E-state index is 12.7. The molecule has 2 aromatic carbocycles. The van der Waals surface area contributed by atoms with Crippen LogP contribution in [0.1, 0.15) is 5.56 Å². The summed E-state index contributed by atoms with van der Waals surface area (Å²) in [5.41, 5.74) is 3.50. The van der Waals surface area contributed by atoms with Crippen molar-refractivity contribution in [1.82, 2.24) is 4.98 Å². The maximum absolute atomic E-state index is 12.7. The van der Waals surface area contributed by atoms with E-state index < -0.39 is 0 Å². The zero-order valence-corrected chi connectivity index (χ0v) is 12.1. The van der Waals surface area contributed by atoms with Crippen LogP contribution in [0.4, 0.5) is 0 Å². The largest absolute Gasteiger partial charge is 0.488 e. The van der Waals surface area contributed by atoms with Crippen molar-refractivity contribution in [2.45, 2.75) is 6.61 Å². The molecule has 0 bridgehead atoms. The third-order valence-electron chi connectivity index (χ3n) is 4.17. The zero-order chi connectivity index (χ0) is 15.4. The van der Waals surface area contributed by atoms with E-state index in [1.807, 2.05) is 42.5 Å². The van der Waals surface area contributed by atoms with E-state index in [0.717, 1.165) is 22.6 Å². The van der Waals surface area contributed by atoms with E-state index in [9.17, 15) is 4.79 Å². The fourth-order valence-electron chi connectivity index (χ4n) is 3.06. The monoisotopic (exact) mass is 301 g/mol. The lowest BCUT2D eigenvalue weighted by Crippen LogP contribution is -2.10. The molecule has 0 fully saturated rings. The van der Waals surface area contributed by atoms with Crippen molar-refractivity contribution in [2.24, 2.45) is 0 Å². The second kappa shape index (κ2) is 4.43. The number of rotatable bonds is 0. The molecule has 2 aromatic heterocycles. The molecule has 1 aliphatic heterocycles. The Hall–Kier alpha value is -3.14. The van der Waals surface area contributed by atoms with Gasteiger partial charge in [-0.1, -0.05) is 24.3 Å². The first-order chi connectivity index (χ1) is 11.3.